The van der Waals surface area contributed by atoms with E-state index in [1.807, 2.05) is 0 Å². The first-order valence-corrected chi connectivity index (χ1v) is 10.1. The fourth-order valence-corrected chi connectivity index (χ4v) is 6.97. The van der Waals surface area contributed by atoms with Gasteiger partial charge in [-0.05, 0) is 61.3 Å². The molecule has 27 heavy (non-hydrogen) atoms. The van der Waals surface area contributed by atoms with Gasteiger partial charge in [-0.15, -0.1) is 0 Å². The van der Waals surface area contributed by atoms with E-state index in [2.05, 4.69) is 29.2 Å². The Kier molecular flexibility index (Phi) is 3.67. The van der Waals surface area contributed by atoms with E-state index >= 15 is 0 Å². The van der Waals surface area contributed by atoms with Crippen LogP contribution in [0.3, 0.4) is 0 Å². The van der Waals surface area contributed by atoms with Gasteiger partial charge >= 0.3 is 0 Å². The van der Waals surface area contributed by atoms with Gasteiger partial charge in [0.25, 0.3) is 5.91 Å². The molecule has 0 aliphatic heterocycles. The fourth-order valence-electron chi connectivity index (χ4n) is 6.97. The van der Waals surface area contributed by atoms with Gasteiger partial charge in [-0.2, -0.15) is 5.10 Å². The number of fused-ring (bicyclic) bond motifs is 1. The number of nitrogens with one attached hydrogen (secondary N) is 1. The van der Waals surface area contributed by atoms with Crippen molar-refractivity contribution in [1.82, 2.24) is 19.9 Å². The molecule has 4 bridgehead atoms. The molecule has 1 N–H and O–H groups in total. The molecule has 0 spiro atoms. The molecule has 6 nitrogen and oxygen atoms in total. The molecule has 4 atom stereocenters. The van der Waals surface area contributed by atoms with Gasteiger partial charge in [0.2, 0.25) is 0 Å². The Morgan fingerprint density at radius 3 is 2.74 bits per heavy atom. The van der Waals surface area contributed by atoms with Crippen molar-refractivity contribution >= 4 is 11.6 Å². The van der Waals surface area contributed by atoms with Crippen molar-refractivity contribution in [2.75, 3.05) is 13.2 Å². The predicted octanol–water partition coefficient (Wildman–Crippen LogP) is 3.22. The van der Waals surface area contributed by atoms with Gasteiger partial charge in [0.05, 0.1) is 12.2 Å². The number of hydrogen-bond acceptors (Lipinski definition) is 4. The third kappa shape index (κ3) is 3.04. The molecule has 2 heterocycles. The minimum Gasteiger partial charge on any atom is -0.373 e. The first-order chi connectivity index (χ1) is 12.9. The van der Waals surface area contributed by atoms with Crippen LogP contribution < -0.4 is 5.32 Å². The second-order valence-corrected chi connectivity index (χ2v) is 9.87. The van der Waals surface area contributed by atoms with Crippen LogP contribution in [0, 0.1) is 16.7 Å². The molecule has 6 heteroatoms. The molecule has 0 saturated heterocycles. The zero-order valence-electron chi connectivity index (χ0n) is 16.2. The van der Waals surface area contributed by atoms with Crippen LogP contribution in [0.2, 0.25) is 0 Å². The number of hydrogen-bond donors (Lipinski definition) is 1. The maximum atomic E-state index is 12.4. The van der Waals surface area contributed by atoms with Crippen LogP contribution in [0.15, 0.2) is 24.5 Å². The van der Waals surface area contributed by atoms with E-state index in [1.165, 1.54) is 38.5 Å². The Morgan fingerprint density at radius 1 is 1.26 bits per heavy atom. The lowest BCUT2D eigenvalue weighted by Gasteiger charge is -2.65. The van der Waals surface area contributed by atoms with E-state index in [1.54, 1.807) is 29.0 Å². The smallest absolute Gasteiger partial charge is 0.271 e. The number of amides is 1. The molecule has 1 amide bonds. The van der Waals surface area contributed by atoms with Crippen molar-refractivity contribution in [1.29, 1.82) is 0 Å². The number of carbonyl (C=O) groups excluding carboxylic acids is 1. The molecule has 0 radical (unpaired) electrons. The van der Waals surface area contributed by atoms with Crippen LogP contribution in [-0.4, -0.2) is 39.3 Å². The Bertz CT molecular complexity index is 840. The molecule has 4 aliphatic rings. The third-order valence-electron chi connectivity index (χ3n) is 6.84. The van der Waals surface area contributed by atoms with Crippen molar-refractivity contribution in [3.05, 3.63) is 30.2 Å². The molecule has 144 valence electrons. The highest BCUT2D eigenvalue weighted by Gasteiger charge is 2.60. The third-order valence-corrected chi connectivity index (χ3v) is 6.84. The zero-order valence-corrected chi connectivity index (χ0v) is 16.2. The summed E-state index contributed by atoms with van der Waals surface area (Å²) in [7, 11) is 0. The van der Waals surface area contributed by atoms with Gasteiger partial charge in [0.15, 0.2) is 11.3 Å². The second kappa shape index (κ2) is 5.77. The summed E-state index contributed by atoms with van der Waals surface area (Å²) in [5.74, 6) is 0.643. The lowest BCUT2D eigenvalue weighted by atomic mass is 9.43. The number of carbonyl (C=O) groups is 1. The van der Waals surface area contributed by atoms with E-state index in [-0.39, 0.29) is 11.5 Å². The summed E-state index contributed by atoms with van der Waals surface area (Å²) in [6, 6.07) is 3.50. The minimum absolute atomic E-state index is 0.0284. The van der Waals surface area contributed by atoms with Crippen LogP contribution in [-0.2, 0) is 4.74 Å². The first kappa shape index (κ1) is 17.2. The van der Waals surface area contributed by atoms with Crippen molar-refractivity contribution < 1.29 is 9.53 Å². The Morgan fingerprint density at radius 2 is 2.04 bits per heavy atom. The van der Waals surface area contributed by atoms with Gasteiger partial charge in [0, 0.05) is 25.0 Å². The normalized spacial score (nSPS) is 37.0. The van der Waals surface area contributed by atoms with Crippen LogP contribution in [0.4, 0.5) is 0 Å². The molecule has 4 saturated carbocycles. The van der Waals surface area contributed by atoms with Crippen LogP contribution in [0.25, 0.3) is 5.65 Å². The molecule has 4 aliphatic carbocycles. The number of ether oxygens (including phenoxy) is 1. The molecule has 0 aromatic carbocycles. The molecule has 4 fully saturated rings. The number of aromatic nitrogens is 3. The summed E-state index contributed by atoms with van der Waals surface area (Å²) in [6.45, 7) is 5.98. The van der Waals surface area contributed by atoms with Gasteiger partial charge in [0.1, 0.15) is 0 Å². The summed E-state index contributed by atoms with van der Waals surface area (Å²) >= 11 is 0. The predicted molar refractivity (Wildman–Crippen MR) is 101 cm³/mol. The Balaban J connectivity index is 1.19. The molecular weight excluding hydrogens is 340 g/mol. The summed E-state index contributed by atoms with van der Waals surface area (Å²) in [5, 5.41) is 7.21. The molecular formula is C21H28N4O2. The van der Waals surface area contributed by atoms with Gasteiger partial charge in [-0.1, -0.05) is 13.8 Å². The average Bonchev–Trinajstić information content (AvgIpc) is 2.99. The van der Waals surface area contributed by atoms with Crippen molar-refractivity contribution in [3.8, 4) is 0 Å². The Hall–Kier alpha value is -1.95. The van der Waals surface area contributed by atoms with Crippen LogP contribution in [0.1, 0.15) is 62.9 Å². The van der Waals surface area contributed by atoms with E-state index in [4.69, 9.17) is 4.74 Å². The fraction of sp³-hybridized carbons (Fsp3) is 0.667. The van der Waals surface area contributed by atoms with Gasteiger partial charge in [-0.3, -0.25) is 4.79 Å². The standard InChI is InChI=1S/C21H28N4O2/c1-19-9-15-10-20(2,12-19)14-21(11-15,13-19)27-7-5-23-18(26)16-8-17-22-4-3-6-25(17)24-16/h3-4,6,8,15H,5,7,9-14H2,1-2H3,(H,23,26)/t15?,19-,20+,21?. The topological polar surface area (TPSA) is 68.5 Å². The maximum Gasteiger partial charge on any atom is 0.271 e. The largest absolute Gasteiger partial charge is 0.373 e. The monoisotopic (exact) mass is 368 g/mol. The lowest BCUT2D eigenvalue weighted by molar-refractivity contribution is -0.213. The maximum absolute atomic E-state index is 12.4. The summed E-state index contributed by atoms with van der Waals surface area (Å²) in [6.07, 6.45) is 11.1. The quantitative estimate of drug-likeness (QED) is 0.823. The summed E-state index contributed by atoms with van der Waals surface area (Å²) in [4.78, 5) is 16.6. The van der Waals surface area contributed by atoms with Crippen molar-refractivity contribution in [2.45, 2.75) is 58.0 Å². The number of rotatable bonds is 5. The minimum atomic E-state index is -0.173. The molecule has 2 aromatic heterocycles. The van der Waals surface area contributed by atoms with Crippen LogP contribution in [0.5, 0.6) is 0 Å². The summed E-state index contributed by atoms with van der Waals surface area (Å²) in [5.41, 5.74) is 1.99. The number of nitrogens with zero attached hydrogens (tertiary/aromatic N) is 3. The van der Waals surface area contributed by atoms with E-state index in [0.29, 0.717) is 35.3 Å². The van der Waals surface area contributed by atoms with Gasteiger partial charge < -0.3 is 10.1 Å². The van der Waals surface area contributed by atoms with E-state index in [9.17, 15) is 4.79 Å². The highest BCUT2D eigenvalue weighted by Crippen LogP contribution is 2.67. The molecule has 2 aromatic rings. The first-order valence-electron chi connectivity index (χ1n) is 10.1. The Labute approximate surface area is 159 Å². The van der Waals surface area contributed by atoms with Crippen LogP contribution >= 0.6 is 0 Å². The lowest BCUT2D eigenvalue weighted by Crippen LogP contribution is -2.59. The summed E-state index contributed by atoms with van der Waals surface area (Å²) < 4.78 is 8.08. The van der Waals surface area contributed by atoms with E-state index in [0.717, 1.165) is 5.92 Å². The highest BCUT2D eigenvalue weighted by atomic mass is 16.5. The highest BCUT2D eigenvalue weighted by molar-refractivity contribution is 5.93. The van der Waals surface area contributed by atoms with Crippen molar-refractivity contribution in [3.63, 3.8) is 0 Å². The van der Waals surface area contributed by atoms with Gasteiger partial charge in [-0.25, -0.2) is 9.50 Å². The average molecular weight is 368 g/mol. The molecule has 2 unspecified atom stereocenters. The molecule has 6 rings (SSSR count). The zero-order chi connectivity index (χ0) is 18.7. The van der Waals surface area contributed by atoms with E-state index < -0.39 is 0 Å². The van der Waals surface area contributed by atoms with Crippen molar-refractivity contribution in [2.24, 2.45) is 16.7 Å². The SMILES string of the molecule is C[C@]12CC3CC(OCCNC(=O)c4cc5ncccn5n4)(C1)C[C@@](C)(C3)C2. The second-order valence-electron chi connectivity index (χ2n) is 9.87.